The predicted octanol–water partition coefficient (Wildman–Crippen LogP) is 2.61. The first kappa shape index (κ1) is 9.79. The van der Waals surface area contributed by atoms with Crippen molar-refractivity contribution in [3.63, 3.8) is 0 Å². The Hall–Kier alpha value is -1.75. The summed E-state index contributed by atoms with van der Waals surface area (Å²) >= 11 is 0. The Morgan fingerprint density at radius 3 is 3.13 bits per heavy atom. The van der Waals surface area contributed by atoms with Crippen LogP contribution in [-0.2, 0) is 6.42 Å². The summed E-state index contributed by atoms with van der Waals surface area (Å²) in [6.07, 6.45) is 5.74. The minimum absolute atomic E-state index is 1.12. The first-order valence-corrected chi connectivity index (χ1v) is 5.21. The number of allylic oxidation sites excluding steroid dienone is 1. The van der Waals surface area contributed by atoms with Crippen LogP contribution in [0.3, 0.4) is 0 Å². The Bertz CT molecular complexity index is 427. The van der Waals surface area contributed by atoms with Crippen molar-refractivity contribution in [2.24, 2.45) is 0 Å². The summed E-state index contributed by atoms with van der Waals surface area (Å²) < 4.78 is 0. The first-order chi connectivity index (χ1) is 7.31. The van der Waals surface area contributed by atoms with Gasteiger partial charge in [0, 0.05) is 25.4 Å². The SMILES string of the molecule is CN1CCCc2cc(C=CC#N)ccc21. The van der Waals surface area contributed by atoms with Gasteiger partial charge in [0.2, 0.25) is 0 Å². The molecule has 0 N–H and O–H groups in total. The van der Waals surface area contributed by atoms with E-state index in [9.17, 15) is 0 Å². The van der Waals surface area contributed by atoms with Crippen LogP contribution in [0.5, 0.6) is 0 Å². The highest BCUT2D eigenvalue weighted by Crippen LogP contribution is 2.26. The molecule has 1 aromatic carbocycles. The average molecular weight is 198 g/mol. The zero-order chi connectivity index (χ0) is 10.7. The number of aryl methyl sites for hydroxylation is 1. The van der Waals surface area contributed by atoms with Crippen LogP contribution < -0.4 is 4.90 Å². The van der Waals surface area contributed by atoms with Gasteiger partial charge in [-0.25, -0.2) is 0 Å². The Labute approximate surface area is 90.4 Å². The van der Waals surface area contributed by atoms with Crippen LogP contribution in [0.4, 0.5) is 5.69 Å². The van der Waals surface area contributed by atoms with Crippen molar-refractivity contribution in [1.29, 1.82) is 5.26 Å². The van der Waals surface area contributed by atoms with Gasteiger partial charge >= 0.3 is 0 Å². The van der Waals surface area contributed by atoms with Crippen LogP contribution in [0.15, 0.2) is 24.3 Å². The molecule has 0 saturated carbocycles. The molecule has 0 fully saturated rings. The van der Waals surface area contributed by atoms with Crippen LogP contribution in [0, 0.1) is 11.3 Å². The Kier molecular flexibility index (Phi) is 2.73. The molecule has 0 amide bonds. The highest BCUT2D eigenvalue weighted by atomic mass is 15.1. The van der Waals surface area contributed by atoms with Crippen LogP contribution in [-0.4, -0.2) is 13.6 Å². The summed E-state index contributed by atoms with van der Waals surface area (Å²) in [6, 6.07) is 8.40. The number of benzene rings is 1. The monoisotopic (exact) mass is 198 g/mol. The third-order valence-corrected chi connectivity index (χ3v) is 2.80. The average Bonchev–Trinajstić information content (AvgIpc) is 2.26. The van der Waals surface area contributed by atoms with E-state index in [-0.39, 0.29) is 0 Å². The van der Waals surface area contributed by atoms with Gasteiger partial charge in [0.05, 0.1) is 6.07 Å². The lowest BCUT2D eigenvalue weighted by molar-refractivity contribution is 0.744. The Balaban J connectivity index is 2.34. The molecule has 2 nitrogen and oxygen atoms in total. The molecule has 0 aromatic heterocycles. The number of fused-ring (bicyclic) bond motifs is 1. The number of nitriles is 1. The van der Waals surface area contributed by atoms with Crippen molar-refractivity contribution in [1.82, 2.24) is 0 Å². The molecule has 0 unspecified atom stereocenters. The highest BCUT2D eigenvalue weighted by Gasteiger charge is 2.12. The molecule has 0 atom stereocenters. The van der Waals surface area contributed by atoms with E-state index >= 15 is 0 Å². The number of anilines is 1. The molecule has 0 radical (unpaired) electrons. The smallest absolute Gasteiger partial charge is 0.0912 e. The fourth-order valence-electron chi connectivity index (χ4n) is 2.04. The zero-order valence-electron chi connectivity index (χ0n) is 8.90. The minimum atomic E-state index is 1.12. The van der Waals surface area contributed by atoms with Crippen molar-refractivity contribution in [2.45, 2.75) is 12.8 Å². The summed E-state index contributed by atoms with van der Waals surface area (Å²) in [5, 5.41) is 8.46. The maximum Gasteiger partial charge on any atom is 0.0912 e. The summed E-state index contributed by atoms with van der Waals surface area (Å²) in [5.41, 5.74) is 3.84. The molecule has 1 aliphatic rings. The lowest BCUT2D eigenvalue weighted by Crippen LogP contribution is -2.24. The van der Waals surface area contributed by atoms with E-state index in [1.54, 1.807) is 0 Å². The zero-order valence-corrected chi connectivity index (χ0v) is 8.90. The second-order valence-corrected chi connectivity index (χ2v) is 3.88. The van der Waals surface area contributed by atoms with Crippen LogP contribution in [0.2, 0.25) is 0 Å². The lowest BCUT2D eigenvalue weighted by Gasteiger charge is -2.27. The van der Waals surface area contributed by atoms with E-state index in [4.69, 9.17) is 5.26 Å². The third kappa shape index (κ3) is 2.02. The van der Waals surface area contributed by atoms with Gasteiger partial charge in [-0.15, -0.1) is 0 Å². The third-order valence-electron chi connectivity index (χ3n) is 2.80. The second-order valence-electron chi connectivity index (χ2n) is 3.88. The normalized spacial score (nSPS) is 15.1. The topological polar surface area (TPSA) is 27.0 Å². The van der Waals surface area contributed by atoms with E-state index < -0.39 is 0 Å². The molecule has 0 spiro atoms. The van der Waals surface area contributed by atoms with Gasteiger partial charge in [-0.3, -0.25) is 0 Å². The van der Waals surface area contributed by atoms with E-state index in [1.807, 2.05) is 12.1 Å². The summed E-state index contributed by atoms with van der Waals surface area (Å²) in [4.78, 5) is 2.29. The first-order valence-electron chi connectivity index (χ1n) is 5.21. The Morgan fingerprint density at radius 1 is 1.47 bits per heavy atom. The minimum Gasteiger partial charge on any atom is -0.374 e. The van der Waals surface area contributed by atoms with Gasteiger partial charge in [0.1, 0.15) is 0 Å². The van der Waals surface area contributed by atoms with Crippen molar-refractivity contribution in [2.75, 3.05) is 18.5 Å². The molecule has 2 heteroatoms. The van der Waals surface area contributed by atoms with E-state index in [0.717, 1.165) is 18.5 Å². The van der Waals surface area contributed by atoms with Gasteiger partial charge < -0.3 is 4.90 Å². The maximum atomic E-state index is 8.46. The fourth-order valence-corrected chi connectivity index (χ4v) is 2.04. The maximum absolute atomic E-state index is 8.46. The molecule has 0 bridgehead atoms. The number of hydrogen-bond donors (Lipinski definition) is 0. The molecule has 2 rings (SSSR count). The molecule has 76 valence electrons. The number of rotatable bonds is 1. The molecule has 1 aliphatic heterocycles. The van der Waals surface area contributed by atoms with Crippen molar-refractivity contribution < 1.29 is 0 Å². The standard InChI is InChI=1S/C13H14N2/c1-15-9-3-5-12-10-11(4-2-8-14)6-7-13(12)15/h2,4,6-7,10H,3,5,9H2,1H3. The quantitative estimate of drug-likeness (QED) is 0.648. The van der Waals surface area contributed by atoms with Crippen LogP contribution in [0.1, 0.15) is 17.5 Å². The summed E-state index contributed by atoms with van der Waals surface area (Å²) in [6.45, 7) is 1.14. The molecule has 1 heterocycles. The van der Waals surface area contributed by atoms with Gasteiger partial charge in [-0.2, -0.15) is 5.26 Å². The summed E-state index contributed by atoms with van der Waals surface area (Å²) in [7, 11) is 2.13. The fraction of sp³-hybridized carbons (Fsp3) is 0.308. The number of hydrogen-bond acceptors (Lipinski definition) is 2. The van der Waals surface area contributed by atoms with Crippen molar-refractivity contribution >= 4 is 11.8 Å². The second kappa shape index (κ2) is 4.18. The van der Waals surface area contributed by atoms with Crippen LogP contribution >= 0.6 is 0 Å². The van der Waals surface area contributed by atoms with E-state index in [2.05, 4.69) is 30.1 Å². The summed E-state index contributed by atoms with van der Waals surface area (Å²) in [5.74, 6) is 0. The van der Waals surface area contributed by atoms with Crippen molar-refractivity contribution in [3.05, 3.63) is 35.4 Å². The molecular weight excluding hydrogens is 184 g/mol. The van der Waals surface area contributed by atoms with Gasteiger partial charge in [0.25, 0.3) is 0 Å². The number of nitrogens with zero attached hydrogens (tertiary/aromatic N) is 2. The largest absolute Gasteiger partial charge is 0.374 e. The highest BCUT2D eigenvalue weighted by molar-refractivity contribution is 5.62. The predicted molar refractivity (Wildman–Crippen MR) is 62.7 cm³/mol. The molecule has 1 aromatic rings. The Morgan fingerprint density at radius 2 is 2.33 bits per heavy atom. The van der Waals surface area contributed by atoms with Crippen molar-refractivity contribution in [3.8, 4) is 6.07 Å². The van der Waals surface area contributed by atoms with E-state index in [1.165, 1.54) is 23.7 Å². The van der Waals surface area contributed by atoms with Gasteiger partial charge in [-0.1, -0.05) is 6.07 Å². The molecule has 15 heavy (non-hydrogen) atoms. The van der Waals surface area contributed by atoms with E-state index in [0.29, 0.717) is 0 Å². The lowest BCUT2D eigenvalue weighted by atomic mass is 9.99. The molecule has 0 aliphatic carbocycles. The van der Waals surface area contributed by atoms with Crippen LogP contribution in [0.25, 0.3) is 6.08 Å². The van der Waals surface area contributed by atoms with Gasteiger partial charge in [-0.05, 0) is 42.2 Å². The van der Waals surface area contributed by atoms with Gasteiger partial charge in [0.15, 0.2) is 0 Å². The molecule has 0 saturated heterocycles. The molecular formula is C13H14N2.